The summed E-state index contributed by atoms with van der Waals surface area (Å²) in [4.78, 5) is 11.4. The Morgan fingerprint density at radius 1 is 1.67 bits per heavy atom. The number of hydrogen-bond acceptors (Lipinski definition) is 2. The highest BCUT2D eigenvalue weighted by Crippen LogP contribution is 2.04. The van der Waals surface area contributed by atoms with E-state index in [0.717, 1.165) is 12.2 Å². The lowest BCUT2D eigenvalue weighted by atomic mass is 10.2. The number of Topliss-reactive ketones (excluding diaryl/α,β-unsaturated/α-hetero) is 1. The molecule has 66 valence electrons. The zero-order valence-corrected chi connectivity index (χ0v) is 7.29. The maximum atomic E-state index is 11.4. The van der Waals surface area contributed by atoms with Crippen LogP contribution in [0.2, 0.25) is 0 Å². The Hall–Kier alpha value is -1.09. The molecular weight excluding hydrogens is 152 g/mol. The Morgan fingerprint density at radius 2 is 2.42 bits per heavy atom. The first-order valence-corrected chi connectivity index (χ1v) is 4.18. The molecule has 0 spiro atoms. The van der Waals surface area contributed by atoms with Crippen molar-refractivity contribution in [3.63, 3.8) is 0 Å². The Labute approximate surface area is 72.2 Å². The van der Waals surface area contributed by atoms with E-state index in [1.165, 1.54) is 0 Å². The maximum absolute atomic E-state index is 11.4. The second-order valence-electron chi connectivity index (χ2n) is 2.64. The van der Waals surface area contributed by atoms with Gasteiger partial charge in [-0.05, 0) is 25.6 Å². The molecule has 0 fully saturated rings. The van der Waals surface area contributed by atoms with Crippen LogP contribution in [0, 0.1) is 0 Å². The van der Waals surface area contributed by atoms with Gasteiger partial charge in [0.2, 0.25) is 0 Å². The minimum atomic E-state index is 0.129. The molecule has 0 aliphatic heterocycles. The van der Waals surface area contributed by atoms with E-state index < -0.39 is 0 Å². The first kappa shape index (κ1) is 9.00. The molecular formula is C9H14N2O. The summed E-state index contributed by atoms with van der Waals surface area (Å²) in [6, 6.07) is 3.72. The molecule has 1 heterocycles. The second-order valence-corrected chi connectivity index (χ2v) is 2.64. The van der Waals surface area contributed by atoms with E-state index in [4.69, 9.17) is 5.73 Å². The van der Waals surface area contributed by atoms with Gasteiger partial charge in [0.15, 0.2) is 5.78 Å². The van der Waals surface area contributed by atoms with E-state index >= 15 is 0 Å². The second kappa shape index (κ2) is 4.07. The summed E-state index contributed by atoms with van der Waals surface area (Å²) >= 11 is 0. The van der Waals surface area contributed by atoms with E-state index in [2.05, 4.69) is 0 Å². The van der Waals surface area contributed by atoms with Gasteiger partial charge in [0.05, 0.1) is 5.69 Å². The zero-order chi connectivity index (χ0) is 8.97. The first-order chi connectivity index (χ1) is 5.79. The van der Waals surface area contributed by atoms with Crippen molar-refractivity contribution in [3.8, 4) is 0 Å². The number of carbonyl (C=O) groups is 1. The van der Waals surface area contributed by atoms with Crippen molar-refractivity contribution in [2.24, 2.45) is 5.73 Å². The van der Waals surface area contributed by atoms with Crippen molar-refractivity contribution in [2.75, 3.05) is 6.54 Å². The fourth-order valence-corrected chi connectivity index (χ4v) is 1.20. The molecule has 12 heavy (non-hydrogen) atoms. The number of hydrogen-bond donors (Lipinski definition) is 1. The number of rotatable bonds is 4. The van der Waals surface area contributed by atoms with Crippen molar-refractivity contribution < 1.29 is 4.79 Å². The molecule has 0 aromatic carbocycles. The molecule has 0 saturated heterocycles. The third-order valence-electron chi connectivity index (χ3n) is 1.83. The average Bonchev–Trinajstić information content (AvgIpc) is 2.51. The summed E-state index contributed by atoms with van der Waals surface area (Å²) < 4.78 is 1.93. The molecule has 1 rings (SSSR count). The first-order valence-electron chi connectivity index (χ1n) is 4.18. The molecule has 3 nitrogen and oxygen atoms in total. The minimum Gasteiger partial charge on any atom is -0.345 e. The van der Waals surface area contributed by atoms with Gasteiger partial charge in [0, 0.05) is 19.2 Å². The third kappa shape index (κ3) is 1.74. The van der Waals surface area contributed by atoms with Crippen LogP contribution < -0.4 is 5.73 Å². The van der Waals surface area contributed by atoms with E-state index in [-0.39, 0.29) is 5.78 Å². The zero-order valence-electron chi connectivity index (χ0n) is 7.29. The number of nitrogens with zero attached hydrogens (tertiary/aromatic N) is 1. The molecule has 0 saturated carbocycles. The Bertz CT molecular complexity index is 265. The molecule has 0 amide bonds. The van der Waals surface area contributed by atoms with E-state index in [0.29, 0.717) is 13.0 Å². The van der Waals surface area contributed by atoms with Crippen LogP contribution in [0.15, 0.2) is 18.3 Å². The predicted octanol–water partition coefficient (Wildman–Crippen LogP) is 1.04. The molecule has 0 unspecified atom stereocenters. The van der Waals surface area contributed by atoms with Gasteiger partial charge in [-0.25, -0.2) is 0 Å². The highest BCUT2D eigenvalue weighted by Gasteiger charge is 2.07. The minimum absolute atomic E-state index is 0.129. The van der Waals surface area contributed by atoms with Crippen molar-refractivity contribution in [3.05, 3.63) is 24.0 Å². The molecule has 0 radical (unpaired) electrons. The highest BCUT2D eigenvalue weighted by molar-refractivity contribution is 5.94. The standard InChI is InChI=1S/C9H14N2O/c1-2-11-7-3-4-8(11)9(12)5-6-10/h3-4,7H,2,5-6,10H2,1H3. The predicted molar refractivity (Wildman–Crippen MR) is 48.1 cm³/mol. The highest BCUT2D eigenvalue weighted by atomic mass is 16.1. The summed E-state index contributed by atoms with van der Waals surface area (Å²) in [5.41, 5.74) is 6.06. The molecule has 0 aliphatic rings. The number of aromatic nitrogens is 1. The van der Waals surface area contributed by atoms with E-state index in [9.17, 15) is 4.79 Å². The van der Waals surface area contributed by atoms with Gasteiger partial charge in [0.25, 0.3) is 0 Å². The van der Waals surface area contributed by atoms with Gasteiger partial charge in [-0.3, -0.25) is 4.79 Å². The van der Waals surface area contributed by atoms with Crippen LogP contribution in [0.4, 0.5) is 0 Å². The number of aryl methyl sites for hydroxylation is 1. The quantitative estimate of drug-likeness (QED) is 0.679. The van der Waals surface area contributed by atoms with E-state index in [1.54, 1.807) is 0 Å². The monoisotopic (exact) mass is 166 g/mol. The molecule has 1 aromatic heterocycles. The summed E-state index contributed by atoms with van der Waals surface area (Å²) in [5.74, 6) is 0.129. The van der Waals surface area contributed by atoms with Crippen LogP contribution in [-0.2, 0) is 6.54 Å². The summed E-state index contributed by atoms with van der Waals surface area (Å²) in [5, 5.41) is 0. The lowest BCUT2D eigenvalue weighted by Gasteiger charge is -2.03. The number of nitrogens with two attached hydrogens (primary N) is 1. The van der Waals surface area contributed by atoms with Crippen molar-refractivity contribution in [1.29, 1.82) is 0 Å². The van der Waals surface area contributed by atoms with E-state index in [1.807, 2.05) is 29.8 Å². The van der Waals surface area contributed by atoms with Crippen molar-refractivity contribution >= 4 is 5.78 Å². The van der Waals surface area contributed by atoms with Gasteiger partial charge in [0.1, 0.15) is 0 Å². The largest absolute Gasteiger partial charge is 0.345 e. The maximum Gasteiger partial charge on any atom is 0.180 e. The SMILES string of the molecule is CCn1cccc1C(=O)CCN. The molecule has 2 N–H and O–H groups in total. The third-order valence-corrected chi connectivity index (χ3v) is 1.83. The molecule has 0 atom stereocenters. The van der Waals surface area contributed by atoms with Crippen LogP contribution >= 0.6 is 0 Å². The van der Waals surface area contributed by atoms with Gasteiger partial charge in [-0.2, -0.15) is 0 Å². The smallest absolute Gasteiger partial charge is 0.180 e. The van der Waals surface area contributed by atoms with Crippen molar-refractivity contribution in [2.45, 2.75) is 19.9 Å². The Balaban J connectivity index is 2.79. The molecule has 3 heteroatoms. The van der Waals surface area contributed by atoms with Crippen LogP contribution in [0.3, 0.4) is 0 Å². The van der Waals surface area contributed by atoms with Crippen LogP contribution in [0.5, 0.6) is 0 Å². The van der Waals surface area contributed by atoms with Crippen LogP contribution in [0.1, 0.15) is 23.8 Å². The van der Waals surface area contributed by atoms with Crippen LogP contribution in [0.25, 0.3) is 0 Å². The van der Waals surface area contributed by atoms with Gasteiger partial charge < -0.3 is 10.3 Å². The normalized spacial score (nSPS) is 10.2. The van der Waals surface area contributed by atoms with Gasteiger partial charge in [-0.15, -0.1) is 0 Å². The fraction of sp³-hybridized carbons (Fsp3) is 0.444. The summed E-state index contributed by atoms with van der Waals surface area (Å²) in [7, 11) is 0. The Kier molecular flexibility index (Phi) is 3.05. The fourth-order valence-electron chi connectivity index (χ4n) is 1.20. The van der Waals surface area contributed by atoms with Crippen molar-refractivity contribution in [1.82, 2.24) is 4.57 Å². The molecule has 0 bridgehead atoms. The Morgan fingerprint density at radius 3 is 3.00 bits per heavy atom. The lowest BCUT2D eigenvalue weighted by Crippen LogP contribution is -2.12. The molecule has 0 aliphatic carbocycles. The summed E-state index contributed by atoms with van der Waals surface area (Å²) in [6.45, 7) is 3.27. The van der Waals surface area contributed by atoms with Gasteiger partial charge in [-0.1, -0.05) is 0 Å². The topological polar surface area (TPSA) is 48.0 Å². The molecule has 1 aromatic rings. The number of ketones is 1. The number of carbonyl (C=O) groups excluding carboxylic acids is 1. The lowest BCUT2D eigenvalue weighted by molar-refractivity contribution is 0.0976. The summed E-state index contributed by atoms with van der Waals surface area (Å²) in [6.07, 6.45) is 2.34. The van der Waals surface area contributed by atoms with Crippen LogP contribution in [-0.4, -0.2) is 16.9 Å². The average molecular weight is 166 g/mol. The van der Waals surface area contributed by atoms with Gasteiger partial charge >= 0.3 is 0 Å².